The largest absolute Gasteiger partial charge is 0.388 e. The molecule has 0 spiro atoms. The summed E-state index contributed by atoms with van der Waals surface area (Å²) in [4.78, 5) is 0. The number of allylic oxidation sites excluding steroid dienone is 1. The van der Waals surface area contributed by atoms with Gasteiger partial charge < -0.3 is 5.11 Å². The van der Waals surface area contributed by atoms with E-state index >= 15 is 0 Å². The number of nitrogens with zero attached hydrogens (tertiary/aromatic N) is 2. The maximum Gasteiger partial charge on any atom is 0.0826 e. The Bertz CT molecular complexity index is 341. The molecule has 3 heteroatoms. The third-order valence-electron chi connectivity index (χ3n) is 2.48. The lowest BCUT2D eigenvalue weighted by Gasteiger charge is -2.09. The van der Waals surface area contributed by atoms with Gasteiger partial charge in [-0.1, -0.05) is 12.5 Å². The summed E-state index contributed by atoms with van der Waals surface area (Å²) in [5, 5.41) is 14.3. The number of hydrogen-bond acceptors (Lipinski definition) is 2. The molecule has 0 radical (unpaired) electrons. The third kappa shape index (κ3) is 3.20. The van der Waals surface area contributed by atoms with Crippen molar-refractivity contribution in [2.75, 3.05) is 0 Å². The number of aromatic nitrogens is 2. The quantitative estimate of drug-likeness (QED) is 0.754. The molecule has 0 aliphatic rings. The fraction of sp³-hybridized carbons (Fsp3) is 0.583. The molecule has 15 heavy (non-hydrogen) atoms. The molecule has 0 fully saturated rings. The van der Waals surface area contributed by atoms with Crippen LogP contribution < -0.4 is 0 Å². The van der Waals surface area contributed by atoms with Crippen molar-refractivity contribution in [2.24, 2.45) is 7.05 Å². The van der Waals surface area contributed by atoms with Gasteiger partial charge in [0.2, 0.25) is 0 Å². The van der Waals surface area contributed by atoms with Crippen LogP contribution in [0.3, 0.4) is 0 Å². The molecule has 0 aliphatic carbocycles. The lowest BCUT2D eigenvalue weighted by atomic mass is 10.0. The maximum atomic E-state index is 10.0. The van der Waals surface area contributed by atoms with E-state index in [4.69, 9.17) is 0 Å². The lowest BCUT2D eigenvalue weighted by molar-refractivity contribution is 0.167. The Kier molecular flexibility index (Phi) is 4.09. The molecule has 0 saturated carbocycles. The van der Waals surface area contributed by atoms with Gasteiger partial charge in [-0.15, -0.1) is 6.58 Å². The summed E-state index contributed by atoms with van der Waals surface area (Å²) in [6.45, 7) is 7.87. The minimum absolute atomic E-state index is 0.412. The predicted octanol–water partition coefficient (Wildman–Crippen LogP) is 2.37. The molecule has 1 atom stereocenters. The number of aliphatic hydroxyl groups excluding tert-OH is 1. The summed E-state index contributed by atoms with van der Waals surface area (Å²) in [6, 6.07) is 0. The Morgan fingerprint density at radius 3 is 2.87 bits per heavy atom. The standard InChI is InChI=1S/C12H20N2O/c1-5-11-10(8-14(4)13-11)12(15)7-6-9(2)3/h8,12,15H,2,5-7H2,1,3-4H3. The van der Waals surface area contributed by atoms with E-state index in [2.05, 4.69) is 18.6 Å². The second kappa shape index (κ2) is 5.12. The highest BCUT2D eigenvalue weighted by molar-refractivity contribution is 5.20. The molecule has 0 amide bonds. The van der Waals surface area contributed by atoms with E-state index in [9.17, 15) is 5.11 Å². The summed E-state index contributed by atoms with van der Waals surface area (Å²) < 4.78 is 1.76. The fourth-order valence-electron chi connectivity index (χ4n) is 1.64. The van der Waals surface area contributed by atoms with Crippen molar-refractivity contribution in [1.82, 2.24) is 9.78 Å². The van der Waals surface area contributed by atoms with Gasteiger partial charge in [0.25, 0.3) is 0 Å². The average molecular weight is 208 g/mol. The van der Waals surface area contributed by atoms with Gasteiger partial charge in [-0.25, -0.2) is 0 Å². The molecule has 1 aromatic heterocycles. The van der Waals surface area contributed by atoms with E-state index in [1.807, 2.05) is 20.2 Å². The van der Waals surface area contributed by atoms with Gasteiger partial charge in [0, 0.05) is 18.8 Å². The van der Waals surface area contributed by atoms with Crippen molar-refractivity contribution in [2.45, 2.75) is 39.2 Å². The molecule has 0 aromatic carbocycles. The molecule has 1 aromatic rings. The van der Waals surface area contributed by atoms with Crippen LogP contribution in [0, 0.1) is 0 Å². The molecule has 1 N–H and O–H groups in total. The van der Waals surface area contributed by atoms with Crippen LogP contribution in [0.2, 0.25) is 0 Å². The van der Waals surface area contributed by atoms with E-state index in [0.717, 1.165) is 36.1 Å². The van der Waals surface area contributed by atoms with Crippen molar-refractivity contribution < 1.29 is 5.11 Å². The van der Waals surface area contributed by atoms with Crippen LogP contribution in [0.25, 0.3) is 0 Å². The first-order valence-electron chi connectivity index (χ1n) is 5.39. The van der Waals surface area contributed by atoms with Crippen LogP contribution >= 0.6 is 0 Å². The average Bonchev–Trinajstić information content (AvgIpc) is 2.56. The molecule has 1 heterocycles. The molecule has 1 unspecified atom stereocenters. The normalized spacial score (nSPS) is 12.8. The predicted molar refractivity (Wildman–Crippen MR) is 61.6 cm³/mol. The Morgan fingerprint density at radius 1 is 1.67 bits per heavy atom. The van der Waals surface area contributed by atoms with Crippen molar-refractivity contribution in [1.29, 1.82) is 0 Å². The Balaban J connectivity index is 2.71. The van der Waals surface area contributed by atoms with Crippen LogP contribution in [-0.2, 0) is 13.5 Å². The smallest absolute Gasteiger partial charge is 0.0826 e. The summed E-state index contributed by atoms with van der Waals surface area (Å²) in [6.07, 6.45) is 3.94. The highest BCUT2D eigenvalue weighted by Crippen LogP contribution is 2.23. The molecule has 0 aliphatic heterocycles. The second-order valence-electron chi connectivity index (χ2n) is 4.07. The van der Waals surface area contributed by atoms with Crippen LogP contribution in [-0.4, -0.2) is 14.9 Å². The Morgan fingerprint density at radius 2 is 2.33 bits per heavy atom. The fourth-order valence-corrected chi connectivity index (χ4v) is 1.64. The zero-order valence-electron chi connectivity index (χ0n) is 9.82. The van der Waals surface area contributed by atoms with Crippen LogP contribution in [0.5, 0.6) is 0 Å². The maximum absolute atomic E-state index is 10.0. The number of rotatable bonds is 5. The van der Waals surface area contributed by atoms with Gasteiger partial charge in [0.05, 0.1) is 11.8 Å². The van der Waals surface area contributed by atoms with Gasteiger partial charge in [-0.05, 0) is 26.2 Å². The van der Waals surface area contributed by atoms with Gasteiger partial charge in [-0.3, -0.25) is 4.68 Å². The van der Waals surface area contributed by atoms with Gasteiger partial charge in [0.1, 0.15) is 0 Å². The molecule has 3 nitrogen and oxygen atoms in total. The molecule has 84 valence electrons. The number of aliphatic hydroxyl groups is 1. The molecule has 0 bridgehead atoms. The van der Waals surface area contributed by atoms with E-state index < -0.39 is 6.10 Å². The monoisotopic (exact) mass is 208 g/mol. The summed E-state index contributed by atoms with van der Waals surface area (Å²) >= 11 is 0. The molecule has 1 rings (SSSR count). The summed E-state index contributed by atoms with van der Waals surface area (Å²) in [7, 11) is 1.88. The van der Waals surface area contributed by atoms with E-state index in [-0.39, 0.29) is 0 Å². The summed E-state index contributed by atoms with van der Waals surface area (Å²) in [5.74, 6) is 0. The van der Waals surface area contributed by atoms with Crippen molar-refractivity contribution in [3.63, 3.8) is 0 Å². The SMILES string of the molecule is C=C(C)CCC(O)c1cn(C)nc1CC. The minimum atomic E-state index is -0.412. The number of aryl methyl sites for hydroxylation is 2. The topological polar surface area (TPSA) is 38.0 Å². The lowest BCUT2D eigenvalue weighted by Crippen LogP contribution is -1.99. The summed E-state index contributed by atoms with van der Waals surface area (Å²) in [5.41, 5.74) is 3.06. The zero-order valence-corrected chi connectivity index (χ0v) is 9.82. The van der Waals surface area contributed by atoms with Gasteiger partial charge >= 0.3 is 0 Å². The molecule has 0 saturated heterocycles. The zero-order chi connectivity index (χ0) is 11.4. The van der Waals surface area contributed by atoms with E-state index in [1.165, 1.54) is 0 Å². The van der Waals surface area contributed by atoms with Gasteiger partial charge in [-0.2, -0.15) is 5.10 Å². The van der Waals surface area contributed by atoms with E-state index in [1.54, 1.807) is 4.68 Å². The van der Waals surface area contributed by atoms with Crippen LogP contribution in [0.1, 0.15) is 44.1 Å². The van der Waals surface area contributed by atoms with Gasteiger partial charge in [0.15, 0.2) is 0 Å². The van der Waals surface area contributed by atoms with E-state index in [0.29, 0.717) is 0 Å². The van der Waals surface area contributed by atoms with Crippen molar-refractivity contribution >= 4 is 0 Å². The van der Waals surface area contributed by atoms with Crippen LogP contribution in [0.15, 0.2) is 18.3 Å². The second-order valence-corrected chi connectivity index (χ2v) is 4.07. The third-order valence-corrected chi connectivity index (χ3v) is 2.48. The van der Waals surface area contributed by atoms with Crippen LogP contribution in [0.4, 0.5) is 0 Å². The first-order valence-corrected chi connectivity index (χ1v) is 5.39. The first-order chi connectivity index (χ1) is 7.04. The van der Waals surface area contributed by atoms with Crippen molar-refractivity contribution in [3.8, 4) is 0 Å². The molecular weight excluding hydrogens is 188 g/mol. The Labute approximate surface area is 91.4 Å². The van der Waals surface area contributed by atoms with Crippen molar-refractivity contribution in [3.05, 3.63) is 29.6 Å². The number of hydrogen-bond donors (Lipinski definition) is 1. The molecular formula is C12H20N2O. The minimum Gasteiger partial charge on any atom is -0.388 e. The first kappa shape index (κ1) is 12.0. The highest BCUT2D eigenvalue weighted by atomic mass is 16.3. The Hall–Kier alpha value is -1.09. The highest BCUT2D eigenvalue weighted by Gasteiger charge is 2.14.